The van der Waals surface area contributed by atoms with E-state index in [1.807, 2.05) is 22.7 Å². The molecule has 0 saturated heterocycles. The molecule has 0 amide bonds. The van der Waals surface area contributed by atoms with Crippen molar-refractivity contribution in [1.29, 1.82) is 0 Å². The van der Waals surface area contributed by atoms with Crippen molar-refractivity contribution in [2.75, 3.05) is 0 Å². The van der Waals surface area contributed by atoms with E-state index < -0.39 is 0 Å². The first-order valence-corrected chi connectivity index (χ1v) is 21.0. The van der Waals surface area contributed by atoms with Gasteiger partial charge in [-0.2, -0.15) is 0 Å². The molecule has 3 heteroatoms. The van der Waals surface area contributed by atoms with E-state index in [1.165, 1.54) is 101 Å². The van der Waals surface area contributed by atoms with Crippen molar-refractivity contribution >= 4 is 118 Å². The van der Waals surface area contributed by atoms with E-state index in [0.29, 0.717) is 0 Å². The Bertz CT molecular complexity index is 3760. The molecule has 3 aromatic heterocycles. The molecule has 0 atom stereocenters. The second-order valence-electron chi connectivity index (χ2n) is 15.2. The molecular formula is C54H30OS2. The fourth-order valence-corrected chi connectivity index (χ4v) is 11.7. The maximum absolute atomic E-state index is 6.68. The van der Waals surface area contributed by atoms with Gasteiger partial charge in [0.15, 0.2) is 0 Å². The van der Waals surface area contributed by atoms with Gasteiger partial charge in [-0.05, 0) is 119 Å². The highest BCUT2D eigenvalue weighted by Crippen LogP contribution is 2.49. The van der Waals surface area contributed by atoms with Gasteiger partial charge in [0.05, 0.1) is 0 Å². The van der Waals surface area contributed by atoms with Crippen LogP contribution in [0.3, 0.4) is 0 Å². The van der Waals surface area contributed by atoms with Crippen LogP contribution in [0.1, 0.15) is 0 Å². The molecule has 3 heterocycles. The summed E-state index contributed by atoms with van der Waals surface area (Å²) in [7, 11) is 0. The lowest BCUT2D eigenvalue weighted by molar-refractivity contribution is 0.673. The van der Waals surface area contributed by atoms with Crippen LogP contribution in [0.4, 0.5) is 0 Å². The Morgan fingerprint density at radius 3 is 1.82 bits per heavy atom. The zero-order chi connectivity index (χ0) is 37.2. The number of thiophene rings is 2. The molecule has 0 saturated carbocycles. The molecule has 13 aromatic rings. The largest absolute Gasteiger partial charge is 0.455 e. The molecular weight excluding hydrogens is 729 g/mol. The van der Waals surface area contributed by atoms with Crippen LogP contribution in [0.5, 0.6) is 0 Å². The first-order valence-electron chi connectivity index (χ1n) is 19.4. The van der Waals surface area contributed by atoms with Gasteiger partial charge in [0.25, 0.3) is 0 Å². The Hall–Kier alpha value is -6.78. The normalized spacial score (nSPS) is 12.2. The third kappa shape index (κ3) is 4.61. The van der Waals surface area contributed by atoms with Crippen LogP contribution in [0.15, 0.2) is 186 Å². The van der Waals surface area contributed by atoms with E-state index in [-0.39, 0.29) is 0 Å². The Morgan fingerprint density at radius 1 is 0.333 bits per heavy atom. The van der Waals surface area contributed by atoms with Gasteiger partial charge in [0.1, 0.15) is 11.2 Å². The summed E-state index contributed by atoms with van der Waals surface area (Å²) in [6.45, 7) is 0. The third-order valence-corrected chi connectivity index (χ3v) is 14.3. The molecule has 0 bridgehead atoms. The Morgan fingerprint density at radius 2 is 1.00 bits per heavy atom. The molecule has 0 aliphatic carbocycles. The lowest BCUT2D eigenvalue weighted by atomic mass is 9.84. The number of para-hydroxylation sites is 1. The topological polar surface area (TPSA) is 13.1 Å². The minimum Gasteiger partial charge on any atom is -0.455 e. The zero-order valence-corrected chi connectivity index (χ0v) is 32.2. The fourth-order valence-electron chi connectivity index (χ4n) is 9.44. The number of furan rings is 1. The fraction of sp³-hybridized carbons (Fsp3) is 0. The molecule has 13 rings (SSSR count). The summed E-state index contributed by atoms with van der Waals surface area (Å²) in [5.74, 6) is 0. The lowest BCUT2D eigenvalue weighted by Gasteiger charge is -2.19. The summed E-state index contributed by atoms with van der Waals surface area (Å²) >= 11 is 3.78. The summed E-state index contributed by atoms with van der Waals surface area (Å²) in [6, 6.07) is 67.2. The van der Waals surface area contributed by atoms with Gasteiger partial charge in [-0.25, -0.2) is 0 Å². The quantitative estimate of drug-likeness (QED) is 0.164. The average Bonchev–Trinajstić information content (AvgIpc) is 3.97. The lowest BCUT2D eigenvalue weighted by Crippen LogP contribution is -1.91. The van der Waals surface area contributed by atoms with Crippen LogP contribution >= 0.6 is 22.7 Å². The van der Waals surface area contributed by atoms with Gasteiger partial charge in [-0.1, -0.05) is 133 Å². The predicted octanol–water partition coefficient (Wildman–Crippen LogP) is 16.8. The SMILES string of the molecule is c1ccc2cc(-c3cc4cc5c(cc4s3)sc3ccc(-c4c6ccccc6c(-c6cccc7ccc8c9ccccc9oc8c67)c6ccccc46)cc35)ccc2c1. The number of hydrogen-bond donors (Lipinski definition) is 0. The molecule has 0 aliphatic heterocycles. The number of hydrogen-bond acceptors (Lipinski definition) is 3. The number of fused-ring (bicyclic) bond motifs is 12. The highest BCUT2D eigenvalue weighted by Gasteiger charge is 2.21. The second-order valence-corrected chi connectivity index (χ2v) is 17.3. The second kappa shape index (κ2) is 11.9. The first-order chi connectivity index (χ1) is 28.2. The van der Waals surface area contributed by atoms with Gasteiger partial charge in [-0.15, -0.1) is 22.7 Å². The van der Waals surface area contributed by atoms with Crippen LogP contribution < -0.4 is 0 Å². The number of rotatable bonds is 3. The van der Waals surface area contributed by atoms with Crippen LogP contribution in [-0.4, -0.2) is 0 Å². The van der Waals surface area contributed by atoms with Crippen LogP contribution in [0.25, 0.3) is 128 Å². The van der Waals surface area contributed by atoms with Gasteiger partial charge in [-0.3, -0.25) is 0 Å². The van der Waals surface area contributed by atoms with Crippen LogP contribution in [-0.2, 0) is 0 Å². The van der Waals surface area contributed by atoms with Gasteiger partial charge in [0.2, 0.25) is 0 Å². The van der Waals surface area contributed by atoms with Crippen molar-refractivity contribution in [3.8, 4) is 32.7 Å². The molecule has 10 aromatic carbocycles. The van der Waals surface area contributed by atoms with E-state index in [0.717, 1.165) is 27.3 Å². The van der Waals surface area contributed by atoms with Crippen molar-refractivity contribution in [1.82, 2.24) is 0 Å². The molecule has 1 nitrogen and oxygen atoms in total. The van der Waals surface area contributed by atoms with Gasteiger partial charge in [0, 0.05) is 45.9 Å². The molecule has 57 heavy (non-hydrogen) atoms. The highest BCUT2D eigenvalue weighted by atomic mass is 32.1. The predicted molar refractivity (Wildman–Crippen MR) is 248 cm³/mol. The summed E-state index contributed by atoms with van der Waals surface area (Å²) in [5.41, 5.74) is 8.09. The van der Waals surface area contributed by atoms with Crippen LogP contribution in [0.2, 0.25) is 0 Å². The molecule has 0 aliphatic rings. The van der Waals surface area contributed by atoms with E-state index in [9.17, 15) is 0 Å². The Balaban J connectivity index is 1.03. The first kappa shape index (κ1) is 31.4. The molecule has 264 valence electrons. The molecule has 0 spiro atoms. The summed E-state index contributed by atoms with van der Waals surface area (Å²) < 4.78 is 10.7. The summed E-state index contributed by atoms with van der Waals surface area (Å²) in [6.07, 6.45) is 0. The van der Waals surface area contributed by atoms with E-state index in [4.69, 9.17) is 4.42 Å². The highest BCUT2D eigenvalue weighted by molar-refractivity contribution is 7.26. The van der Waals surface area contributed by atoms with Crippen molar-refractivity contribution < 1.29 is 4.42 Å². The monoisotopic (exact) mass is 758 g/mol. The molecule has 0 N–H and O–H groups in total. The maximum Gasteiger partial charge on any atom is 0.143 e. The maximum atomic E-state index is 6.68. The van der Waals surface area contributed by atoms with E-state index in [1.54, 1.807) is 0 Å². The Labute approximate surface area is 335 Å². The molecule has 0 unspecified atom stereocenters. The van der Waals surface area contributed by atoms with Gasteiger partial charge >= 0.3 is 0 Å². The van der Waals surface area contributed by atoms with Crippen molar-refractivity contribution in [3.05, 3.63) is 182 Å². The Kier molecular flexibility index (Phi) is 6.54. The zero-order valence-electron chi connectivity index (χ0n) is 30.5. The average molecular weight is 759 g/mol. The summed E-state index contributed by atoms with van der Waals surface area (Å²) in [4.78, 5) is 1.31. The standard InChI is InChI=1S/C54H30OS2/c1-2-11-33-26-34(21-20-31(33)10-1)48-29-36-28-45-44-27-35(23-25-47(44)56-50(45)30-49(36)57-48)51-38-14-3-5-16-40(38)53(41-17-6-4-15-39(41)51)43-18-9-12-32-22-24-42-37-13-7-8-19-46(37)55-54(42)52(32)43/h1-30H. The van der Waals surface area contributed by atoms with Crippen molar-refractivity contribution in [2.45, 2.75) is 0 Å². The summed E-state index contributed by atoms with van der Waals surface area (Å²) in [5, 5.41) is 16.1. The minimum absolute atomic E-state index is 0.918. The van der Waals surface area contributed by atoms with E-state index in [2.05, 4.69) is 182 Å². The van der Waals surface area contributed by atoms with Crippen molar-refractivity contribution in [3.63, 3.8) is 0 Å². The number of benzene rings is 10. The molecule has 0 fully saturated rings. The van der Waals surface area contributed by atoms with E-state index >= 15 is 0 Å². The van der Waals surface area contributed by atoms with Crippen LogP contribution in [0, 0.1) is 0 Å². The molecule has 0 radical (unpaired) electrons. The minimum atomic E-state index is 0.918. The smallest absolute Gasteiger partial charge is 0.143 e. The third-order valence-electron chi connectivity index (χ3n) is 12.0. The van der Waals surface area contributed by atoms with Gasteiger partial charge < -0.3 is 4.42 Å². The van der Waals surface area contributed by atoms with Crippen molar-refractivity contribution in [2.24, 2.45) is 0 Å².